The van der Waals surface area contributed by atoms with Gasteiger partial charge in [-0.25, -0.2) is 4.79 Å². The van der Waals surface area contributed by atoms with Crippen LogP contribution in [0.1, 0.15) is 21.8 Å². The van der Waals surface area contributed by atoms with Crippen molar-refractivity contribution in [3.05, 3.63) is 35.4 Å². The third-order valence-electron chi connectivity index (χ3n) is 2.28. The molecule has 0 aliphatic heterocycles. The molecule has 86 valence electrons. The third kappa shape index (κ3) is 2.38. The molecule has 1 atom stereocenters. The molecule has 1 rings (SSSR count). The largest absolute Gasteiger partial charge is 0.481 e. The lowest BCUT2D eigenvalue weighted by atomic mass is 9.94. The quantitative estimate of drug-likeness (QED) is 0.729. The summed E-state index contributed by atoms with van der Waals surface area (Å²) < 4.78 is 4.58. The molecule has 16 heavy (non-hydrogen) atoms. The van der Waals surface area contributed by atoms with Gasteiger partial charge >= 0.3 is 11.9 Å². The first-order valence-electron chi connectivity index (χ1n) is 4.72. The Hall–Kier alpha value is -1.88. The zero-order valence-corrected chi connectivity index (χ0v) is 8.84. The second-order valence-electron chi connectivity index (χ2n) is 3.21. The van der Waals surface area contributed by atoms with Gasteiger partial charge in [-0.2, -0.15) is 0 Å². The summed E-state index contributed by atoms with van der Waals surface area (Å²) in [5, 5.41) is 8.97. The van der Waals surface area contributed by atoms with E-state index in [1.165, 1.54) is 13.2 Å². The SMILES string of the molecule is COC(=O)c1ccccc1C(CN)C(=O)O. The zero-order chi connectivity index (χ0) is 12.1. The van der Waals surface area contributed by atoms with Gasteiger partial charge in [-0.3, -0.25) is 4.79 Å². The molecule has 0 saturated carbocycles. The van der Waals surface area contributed by atoms with Gasteiger partial charge in [0.1, 0.15) is 0 Å². The van der Waals surface area contributed by atoms with Crippen LogP contribution in [-0.4, -0.2) is 30.7 Å². The van der Waals surface area contributed by atoms with Gasteiger partial charge in [-0.1, -0.05) is 18.2 Å². The number of hydrogen-bond acceptors (Lipinski definition) is 4. The Bertz CT molecular complexity index is 403. The van der Waals surface area contributed by atoms with E-state index in [1.807, 2.05) is 0 Å². The number of carboxylic acid groups (broad SMARTS) is 1. The molecule has 0 radical (unpaired) electrons. The van der Waals surface area contributed by atoms with Gasteiger partial charge in [0, 0.05) is 6.54 Å². The van der Waals surface area contributed by atoms with Crippen LogP contribution >= 0.6 is 0 Å². The minimum absolute atomic E-state index is 0.0661. The maximum Gasteiger partial charge on any atom is 0.338 e. The van der Waals surface area contributed by atoms with Crippen LogP contribution < -0.4 is 5.73 Å². The number of methoxy groups -OCH3 is 1. The van der Waals surface area contributed by atoms with Crippen LogP contribution in [0.4, 0.5) is 0 Å². The van der Waals surface area contributed by atoms with Crippen LogP contribution in [0, 0.1) is 0 Å². The molecule has 5 nitrogen and oxygen atoms in total. The summed E-state index contributed by atoms with van der Waals surface area (Å²) in [5.74, 6) is -2.51. The molecule has 0 amide bonds. The van der Waals surface area contributed by atoms with Gasteiger partial charge in [0.25, 0.3) is 0 Å². The third-order valence-corrected chi connectivity index (χ3v) is 2.28. The molecule has 3 N–H and O–H groups in total. The molecule has 0 bridgehead atoms. The maximum atomic E-state index is 11.4. The highest BCUT2D eigenvalue weighted by molar-refractivity contribution is 5.93. The minimum atomic E-state index is -1.06. The molecule has 1 aromatic carbocycles. The Morgan fingerprint density at radius 1 is 1.44 bits per heavy atom. The van der Waals surface area contributed by atoms with Gasteiger partial charge < -0.3 is 15.6 Å². The van der Waals surface area contributed by atoms with Crippen LogP contribution in [-0.2, 0) is 9.53 Å². The van der Waals surface area contributed by atoms with E-state index in [-0.39, 0.29) is 12.1 Å². The molecule has 0 fully saturated rings. The number of carbonyl (C=O) groups excluding carboxylic acids is 1. The number of aliphatic carboxylic acids is 1. The molecule has 0 aliphatic carbocycles. The number of ether oxygens (including phenoxy) is 1. The Kier molecular flexibility index (Phi) is 4.02. The molecule has 0 aliphatic rings. The summed E-state index contributed by atoms with van der Waals surface area (Å²) in [4.78, 5) is 22.4. The Morgan fingerprint density at radius 2 is 2.06 bits per heavy atom. The molecular weight excluding hydrogens is 210 g/mol. The highest BCUT2D eigenvalue weighted by Crippen LogP contribution is 2.20. The first kappa shape index (κ1) is 12.2. The molecule has 0 aromatic heterocycles. The number of rotatable bonds is 4. The topological polar surface area (TPSA) is 89.6 Å². The van der Waals surface area contributed by atoms with E-state index in [9.17, 15) is 9.59 Å². The monoisotopic (exact) mass is 223 g/mol. The number of benzene rings is 1. The predicted molar refractivity (Wildman–Crippen MR) is 57.2 cm³/mol. The van der Waals surface area contributed by atoms with Gasteiger partial charge in [-0.15, -0.1) is 0 Å². The van der Waals surface area contributed by atoms with E-state index in [4.69, 9.17) is 10.8 Å². The standard InChI is InChI=1S/C11H13NO4/c1-16-11(15)8-5-3-2-4-7(8)9(6-12)10(13)14/h2-5,9H,6,12H2,1H3,(H,13,14). The van der Waals surface area contributed by atoms with Crippen molar-refractivity contribution < 1.29 is 19.4 Å². The summed E-state index contributed by atoms with van der Waals surface area (Å²) in [5.41, 5.74) is 6.00. The zero-order valence-electron chi connectivity index (χ0n) is 8.84. The Balaban J connectivity index is 3.21. The molecule has 1 unspecified atom stereocenters. The number of hydrogen-bond donors (Lipinski definition) is 2. The smallest absolute Gasteiger partial charge is 0.338 e. The van der Waals surface area contributed by atoms with E-state index < -0.39 is 17.9 Å². The van der Waals surface area contributed by atoms with Crippen molar-refractivity contribution >= 4 is 11.9 Å². The van der Waals surface area contributed by atoms with Crippen molar-refractivity contribution in [1.29, 1.82) is 0 Å². The predicted octanol–water partition coefficient (Wildman–Crippen LogP) is 0.600. The van der Waals surface area contributed by atoms with Crippen molar-refractivity contribution in [1.82, 2.24) is 0 Å². The summed E-state index contributed by atoms with van der Waals surface area (Å²) in [6, 6.07) is 6.39. The Morgan fingerprint density at radius 3 is 2.56 bits per heavy atom. The number of carboxylic acids is 1. The maximum absolute atomic E-state index is 11.4. The fraction of sp³-hybridized carbons (Fsp3) is 0.273. The number of carbonyl (C=O) groups is 2. The first-order chi connectivity index (χ1) is 7.61. The summed E-state index contributed by atoms with van der Waals surface area (Å²) in [7, 11) is 1.25. The van der Waals surface area contributed by atoms with E-state index in [2.05, 4.69) is 4.74 Å². The van der Waals surface area contributed by atoms with E-state index in [0.29, 0.717) is 5.56 Å². The van der Waals surface area contributed by atoms with E-state index in [1.54, 1.807) is 18.2 Å². The van der Waals surface area contributed by atoms with Crippen molar-refractivity contribution in [2.45, 2.75) is 5.92 Å². The summed E-state index contributed by atoms with van der Waals surface area (Å²) in [6.45, 7) is -0.0661. The van der Waals surface area contributed by atoms with Crippen molar-refractivity contribution in [3.63, 3.8) is 0 Å². The van der Waals surface area contributed by atoms with Gasteiger partial charge in [0.15, 0.2) is 0 Å². The molecule has 5 heteroatoms. The first-order valence-corrected chi connectivity index (χ1v) is 4.72. The van der Waals surface area contributed by atoms with Crippen molar-refractivity contribution in [3.8, 4) is 0 Å². The average Bonchev–Trinajstić information content (AvgIpc) is 2.29. The normalized spacial score (nSPS) is 11.9. The van der Waals surface area contributed by atoms with Crippen LogP contribution in [0.5, 0.6) is 0 Å². The molecule has 1 aromatic rings. The minimum Gasteiger partial charge on any atom is -0.481 e. The second-order valence-corrected chi connectivity index (χ2v) is 3.21. The van der Waals surface area contributed by atoms with Gasteiger partial charge in [0.2, 0.25) is 0 Å². The van der Waals surface area contributed by atoms with Crippen LogP contribution in [0.3, 0.4) is 0 Å². The number of nitrogens with two attached hydrogens (primary N) is 1. The highest BCUT2D eigenvalue weighted by Gasteiger charge is 2.23. The second kappa shape index (κ2) is 5.27. The fourth-order valence-corrected chi connectivity index (χ4v) is 1.46. The lowest BCUT2D eigenvalue weighted by molar-refractivity contribution is -0.138. The summed E-state index contributed by atoms with van der Waals surface area (Å²) in [6.07, 6.45) is 0. The van der Waals surface area contributed by atoms with Crippen LogP contribution in [0.15, 0.2) is 24.3 Å². The lowest BCUT2D eigenvalue weighted by Crippen LogP contribution is -2.23. The molecule has 0 heterocycles. The average molecular weight is 223 g/mol. The lowest BCUT2D eigenvalue weighted by Gasteiger charge is -2.13. The van der Waals surface area contributed by atoms with Crippen LogP contribution in [0.25, 0.3) is 0 Å². The van der Waals surface area contributed by atoms with E-state index >= 15 is 0 Å². The highest BCUT2D eigenvalue weighted by atomic mass is 16.5. The Labute approximate surface area is 92.8 Å². The van der Waals surface area contributed by atoms with Crippen molar-refractivity contribution in [2.75, 3.05) is 13.7 Å². The molecule has 0 saturated heterocycles. The number of esters is 1. The fourth-order valence-electron chi connectivity index (χ4n) is 1.46. The van der Waals surface area contributed by atoms with Gasteiger partial charge in [0.05, 0.1) is 18.6 Å². The van der Waals surface area contributed by atoms with Crippen LogP contribution in [0.2, 0.25) is 0 Å². The molecular formula is C11H13NO4. The molecule has 0 spiro atoms. The summed E-state index contributed by atoms with van der Waals surface area (Å²) >= 11 is 0. The van der Waals surface area contributed by atoms with Crippen molar-refractivity contribution in [2.24, 2.45) is 5.73 Å². The van der Waals surface area contributed by atoms with E-state index in [0.717, 1.165) is 0 Å². The van der Waals surface area contributed by atoms with Gasteiger partial charge in [-0.05, 0) is 11.6 Å².